The molecule has 0 saturated carbocycles. The smallest absolute Gasteiger partial charge is 0.307 e. The standard InChI is InChI=1S/C10H18N2O3/c1-10(2,6-8(13)15-3)12-5-4-7(12)9(11)14/h7H,4-6H2,1-3H3,(H2,11,14). The van der Waals surface area contributed by atoms with E-state index in [4.69, 9.17) is 5.73 Å². The maximum Gasteiger partial charge on any atom is 0.307 e. The molecular formula is C10H18N2O3. The molecular weight excluding hydrogens is 196 g/mol. The Kier molecular flexibility index (Phi) is 3.34. The van der Waals surface area contributed by atoms with Crippen molar-refractivity contribution in [3.63, 3.8) is 0 Å². The van der Waals surface area contributed by atoms with Crippen molar-refractivity contribution in [2.45, 2.75) is 38.3 Å². The predicted octanol–water partition coefficient (Wildman–Crippen LogP) is -0.112. The fourth-order valence-electron chi connectivity index (χ4n) is 1.93. The van der Waals surface area contributed by atoms with Crippen LogP contribution in [0.2, 0.25) is 0 Å². The van der Waals surface area contributed by atoms with E-state index < -0.39 is 0 Å². The zero-order valence-electron chi connectivity index (χ0n) is 9.45. The van der Waals surface area contributed by atoms with E-state index in [0.717, 1.165) is 13.0 Å². The molecule has 0 bridgehead atoms. The minimum atomic E-state index is -0.370. The molecule has 0 aromatic carbocycles. The molecule has 1 saturated heterocycles. The molecule has 0 radical (unpaired) electrons. The Morgan fingerprint density at radius 3 is 2.47 bits per heavy atom. The Labute approximate surface area is 89.6 Å². The molecule has 0 aromatic heterocycles. The van der Waals surface area contributed by atoms with Crippen molar-refractivity contribution in [2.75, 3.05) is 13.7 Å². The summed E-state index contributed by atoms with van der Waals surface area (Å²) in [6.45, 7) is 4.63. The summed E-state index contributed by atoms with van der Waals surface area (Å²) >= 11 is 0. The summed E-state index contributed by atoms with van der Waals surface area (Å²) in [5.41, 5.74) is 4.88. The van der Waals surface area contributed by atoms with E-state index in [0.29, 0.717) is 0 Å². The third-order valence-electron chi connectivity index (χ3n) is 2.93. The van der Waals surface area contributed by atoms with Crippen molar-refractivity contribution in [3.8, 4) is 0 Å². The van der Waals surface area contributed by atoms with Crippen molar-refractivity contribution >= 4 is 11.9 Å². The number of amides is 1. The van der Waals surface area contributed by atoms with Crippen molar-refractivity contribution in [1.29, 1.82) is 0 Å². The zero-order valence-corrected chi connectivity index (χ0v) is 9.45. The number of nitrogens with two attached hydrogens (primary N) is 1. The van der Waals surface area contributed by atoms with E-state index in [-0.39, 0.29) is 29.9 Å². The number of esters is 1. The lowest BCUT2D eigenvalue weighted by Crippen LogP contribution is -2.63. The second-order valence-electron chi connectivity index (χ2n) is 4.47. The van der Waals surface area contributed by atoms with Crippen LogP contribution in [0.25, 0.3) is 0 Å². The van der Waals surface area contributed by atoms with E-state index in [1.807, 2.05) is 18.7 Å². The molecule has 5 nitrogen and oxygen atoms in total. The summed E-state index contributed by atoms with van der Waals surface area (Å²) < 4.78 is 4.62. The molecule has 86 valence electrons. The summed E-state index contributed by atoms with van der Waals surface area (Å²) in [6.07, 6.45) is 1.05. The first-order chi connectivity index (χ1) is 6.88. The zero-order chi connectivity index (χ0) is 11.6. The molecule has 1 fully saturated rings. The highest BCUT2D eigenvalue weighted by molar-refractivity contribution is 5.81. The quantitative estimate of drug-likeness (QED) is 0.663. The van der Waals surface area contributed by atoms with Gasteiger partial charge in [-0.2, -0.15) is 0 Å². The lowest BCUT2D eigenvalue weighted by molar-refractivity contribution is -0.148. The number of hydrogen-bond donors (Lipinski definition) is 1. The number of rotatable bonds is 4. The van der Waals surface area contributed by atoms with E-state index in [1.54, 1.807) is 0 Å². The van der Waals surface area contributed by atoms with Gasteiger partial charge in [0.05, 0.1) is 19.6 Å². The summed E-state index contributed by atoms with van der Waals surface area (Å²) in [7, 11) is 1.36. The van der Waals surface area contributed by atoms with E-state index in [2.05, 4.69) is 4.74 Å². The van der Waals surface area contributed by atoms with Crippen molar-refractivity contribution < 1.29 is 14.3 Å². The second kappa shape index (κ2) is 4.18. The molecule has 1 heterocycles. The number of carbonyl (C=O) groups excluding carboxylic acids is 2. The molecule has 1 atom stereocenters. The monoisotopic (exact) mass is 214 g/mol. The maximum absolute atomic E-state index is 11.2. The summed E-state index contributed by atoms with van der Waals surface area (Å²) in [6, 6.07) is -0.232. The van der Waals surface area contributed by atoms with Gasteiger partial charge in [0.15, 0.2) is 0 Å². The van der Waals surface area contributed by atoms with Gasteiger partial charge in [0, 0.05) is 12.1 Å². The molecule has 0 aromatic rings. The minimum absolute atomic E-state index is 0.232. The Morgan fingerprint density at radius 1 is 1.53 bits per heavy atom. The number of hydrogen-bond acceptors (Lipinski definition) is 4. The third kappa shape index (κ3) is 2.47. The normalized spacial score (nSPS) is 21.9. The van der Waals surface area contributed by atoms with Gasteiger partial charge < -0.3 is 10.5 Å². The van der Waals surface area contributed by atoms with Gasteiger partial charge in [0.2, 0.25) is 5.91 Å². The highest BCUT2D eigenvalue weighted by atomic mass is 16.5. The lowest BCUT2D eigenvalue weighted by Gasteiger charge is -2.49. The number of methoxy groups -OCH3 is 1. The first kappa shape index (κ1) is 12.0. The average molecular weight is 214 g/mol. The van der Waals surface area contributed by atoms with Gasteiger partial charge in [-0.1, -0.05) is 0 Å². The predicted molar refractivity (Wildman–Crippen MR) is 55.0 cm³/mol. The molecule has 1 aliphatic rings. The average Bonchev–Trinajstić information content (AvgIpc) is 1.98. The first-order valence-corrected chi connectivity index (χ1v) is 5.01. The molecule has 1 unspecified atom stereocenters. The van der Waals surface area contributed by atoms with Crippen LogP contribution in [0, 0.1) is 0 Å². The van der Waals surface area contributed by atoms with Gasteiger partial charge >= 0.3 is 5.97 Å². The topological polar surface area (TPSA) is 72.6 Å². The van der Waals surface area contributed by atoms with E-state index in [9.17, 15) is 9.59 Å². The van der Waals surface area contributed by atoms with Crippen LogP contribution in [-0.4, -0.2) is 42.0 Å². The van der Waals surface area contributed by atoms with Crippen LogP contribution in [0.5, 0.6) is 0 Å². The molecule has 15 heavy (non-hydrogen) atoms. The van der Waals surface area contributed by atoms with Crippen LogP contribution in [0.15, 0.2) is 0 Å². The van der Waals surface area contributed by atoms with Gasteiger partial charge in [0.25, 0.3) is 0 Å². The van der Waals surface area contributed by atoms with Gasteiger partial charge in [-0.15, -0.1) is 0 Å². The number of primary amides is 1. The van der Waals surface area contributed by atoms with Crippen LogP contribution < -0.4 is 5.73 Å². The van der Waals surface area contributed by atoms with E-state index in [1.165, 1.54) is 7.11 Å². The molecule has 2 N–H and O–H groups in total. The number of carbonyl (C=O) groups is 2. The van der Waals surface area contributed by atoms with Gasteiger partial charge in [-0.05, 0) is 20.3 Å². The van der Waals surface area contributed by atoms with Crippen molar-refractivity contribution in [2.24, 2.45) is 5.73 Å². The molecule has 0 spiro atoms. The van der Waals surface area contributed by atoms with Gasteiger partial charge in [-0.25, -0.2) is 0 Å². The third-order valence-corrected chi connectivity index (χ3v) is 2.93. The van der Waals surface area contributed by atoms with Crippen LogP contribution in [0.1, 0.15) is 26.7 Å². The Hall–Kier alpha value is -1.10. The van der Waals surface area contributed by atoms with E-state index >= 15 is 0 Å². The number of likely N-dealkylation sites (tertiary alicyclic amines) is 1. The first-order valence-electron chi connectivity index (χ1n) is 5.01. The Balaban J connectivity index is 2.61. The van der Waals surface area contributed by atoms with Crippen LogP contribution in [-0.2, 0) is 14.3 Å². The Morgan fingerprint density at radius 2 is 2.13 bits per heavy atom. The fraction of sp³-hybridized carbons (Fsp3) is 0.800. The number of nitrogens with zero attached hydrogens (tertiary/aromatic N) is 1. The SMILES string of the molecule is COC(=O)CC(C)(C)N1CCC1C(N)=O. The fourth-order valence-corrected chi connectivity index (χ4v) is 1.93. The van der Waals surface area contributed by atoms with Crippen LogP contribution >= 0.6 is 0 Å². The molecule has 1 aliphatic heterocycles. The van der Waals surface area contributed by atoms with Gasteiger partial charge in [0.1, 0.15) is 0 Å². The summed E-state index contributed by atoms with van der Waals surface area (Å²) in [4.78, 5) is 24.2. The summed E-state index contributed by atoms with van der Waals surface area (Å²) in [5, 5.41) is 0. The van der Waals surface area contributed by atoms with Crippen LogP contribution in [0.4, 0.5) is 0 Å². The molecule has 5 heteroatoms. The molecule has 1 rings (SSSR count). The molecule has 0 aliphatic carbocycles. The minimum Gasteiger partial charge on any atom is -0.469 e. The van der Waals surface area contributed by atoms with Gasteiger partial charge in [-0.3, -0.25) is 14.5 Å². The maximum atomic E-state index is 11.2. The highest BCUT2D eigenvalue weighted by Crippen LogP contribution is 2.30. The summed E-state index contributed by atoms with van der Waals surface area (Å²) in [5.74, 6) is -0.589. The highest BCUT2D eigenvalue weighted by Gasteiger charge is 2.42. The van der Waals surface area contributed by atoms with Crippen LogP contribution in [0.3, 0.4) is 0 Å². The Bertz CT molecular complexity index is 276. The lowest BCUT2D eigenvalue weighted by atomic mass is 9.89. The number of ether oxygens (including phenoxy) is 1. The molecule has 1 amide bonds. The van der Waals surface area contributed by atoms with Crippen molar-refractivity contribution in [3.05, 3.63) is 0 Å². The van der Waals surface area contributed by atoms with Crippen molar-refractivity contribution in [1.82, 2.24) is 4.90 Å². The largest absolute Gasteiger partial charge is 0.469 e. The second-order valence-corrected chi connectivity index (χ2v) is 4.47.